The standard InChI is InChI=1S/C26H20Cl2FNO4/c1-13-9-21(34-3)14(2)8-19(13)24(31)22-23(18-6-4-5-7-20(18)29)30(26(33)25(22)32)17-11-15(27)10-16(28)12-17/h4-12,23,31H,1-3H3/b24-22+. The van der Waals surface area contributed by atoms with Gasteiger partial charge in [0.2, 0.25) is 0 Å². The number of carbonyl (C=O) groups is 2. The minimum atomic E-state index is -1.24. The number of hydrogen-bond donors (Lipinski definition) is 1. The maximum atomic E-state index is 15.0. The summed E-state index contributed by atoms with van der Waals surface area (Å²) in [5, 5.41) is 11.8. The second-order valence-corrected chi connectivity index (χ2v) is 8.83. The number of methoxy groups -OCH3 is 1. The van der Waals surface area contributed by atoms with Crippen molar-refractivity contribution in [3.05, 3.63) is 98.3 Å². The number of ketones is 1. The minimum absolute atomic E-state index is 0.0437. The number of ether oxygens (including phenoxy) is 1. The number of aryl methyl sites for hydroxylation is 2. The van der Waals surface area contributed by atoms with E-state index in [1.165, 1.54) is 43.5 Å². The summed E-state index contributed by atoms with van der Waals surface area (Å²) in [4.78, 5) is 27.6. The first-order valence-corrected chi connectivity index (χ1v) is 11.1. The van der Waals surface area contributed by atoms with Crippen LogP contribution >= 0.6 is 23.2 Å². The highest BCUT2D eigenvalue weighted by atomic mass is 35.5. The third-order valence-electron chi connectivity index (χ3n) is 5.77. The number of halogens is 3. The van der Waals surface area contributed by atoms with Crippen LogP contribution in [0.3, 0.4) is 0 Å². The average molecular weight is 500 g/mol. The molecule has 174 valence electrons. The van der Waals surface area contributed by atoms with Crippen molar-refractivity contribution >= 4 is 46.3 Å². The Bertz CT molecular complexity index is 1350. The van der Waals surface area contributed by atoms with Crippen molar-refractivity contribution in [2.45, 2.75) is 19.9 Å². The number of benzene rings is 3. The normalized spacial score (nSPS) is 17.4. The van der Waals surface area contributed by atoms with E-state index >= 15 is 4.39 Å². The van der Waals surface area contributed by atoms with Crippen LogP contribution in [0.15, 0.2) is 60.2 Å². The van der Waals surface area contributed by atoms with E-state index in [0.29, 0.717) is 22.4 Å². The third kappa shape index (κ3) is 4.04. The van der Waals surface area contributed by atoms with Gasteiger partial charge in [-0.2, -0.15) is 0 Å². The lowest BCUT2D eigenvalue weighted by Gasteiger charge is -2.26. The number of aliphatic hydroxyl groups is 1. The van der Waals surface area contributed by atoms with Crippen molar-refractivity contribution in [1.82, 2.24) is 0 Å². The molecule has 0 aromatic heterocycles. The molecule has 1 amide bonds. The smallest absolute Gasteiger partial charge is 0.300 e. The molecular formula is C26H20Cl2FNO4. The van der Waals surface area contributed by atoms with E-state index in [0.717, 1.165) is 4.90 Å². The van der Waals surface area contributed by atoms with E-state index in [1.54, 1.807) is 32.0 Å². The lowest BCUT2D eigenvalue weighted by atomic mass is 9.92. The number of Topliss-reactive ketones (excluding diaryl/α,β-unsaturated/α-hetero) is 1. The summed E-state index contributed by atoms with van der Waals surface area (Å²) in [6.07, 6.45) is 0. The van der Waals surface area contributed by atoms with Gasteiger partial charge in [-0.15, -0.1) is 0 Å². The summed E-state index contributed by atoms with van der Waals surface area (Å²) in [6.45, 7) is 3.53. The Kier molecular flexibility index (Phi) is 6.39. The number of carbonyl (C=O) groups excluding carboxylic acids is 2. The molecule has 0 saturated carbocycles. The van der Waals surface area contributed by atoms with Gasteiger partial charge in [0, 0.05) is 26.9 Å². The Hall–Kier alpha value is -3.35. The molecule has 1 saturated heterocycles. The molecule has 8 heteroatoms. The van der Waals surface area contributed by atoms with Gasteiger partial charge in [-0.1, -0.05) is 41.4 Å². The SMILES string of the molecule is COc1cc(C)c(/C(O)=C2\C(=O)C(=O)N(c3cc(Cl)cc(Cl)c3)C2c2ccccc2F)cc1C. The molecule has 0 spiro atoms. The van der Waals surface area contributed by atoms with E-state index in [-0.39, 0.29) is 26.9 Å². The zero-order chi connectivity index (χ0) is 24.7. The molecule has 1 N–H and O–H groups in total. The van der Waals surface area contributed by atoms with Gasteiger partial charge in [-0.05, 0) is 61.4 Å². The monoisotopic (exact) mass is 499 g/mol. The predicted octanol–water partition coefficient (Wildman–Crippen LogP) is 6.38. The highest BCUT2D eigenvalue weighted by Crippen LogP contribution is 2.44. The topological polar surface area (TPSA) is 66.8 Å². The summed E-state index contributed by atoms with van der Waals surface area (Å²) in [5.74, 6) is -2.33. The molecule has 0 radical (unpaired) electrons. The highest BCUT2D eigenvalue weighted by molar-refractivity contribution is 6.52. The second-order valence-electron chi connectivity index (χ2n) is 7.96. The fraction of sp³-hybridized carbons (Fsp3) is 0.154. The molecule has 4 rings (SSSR count). The summed E-state index contributed by atoms with van der Waals surface area (Å²) in [7, 11) is 1.53. The van der Waals surface area contributed by atoms with Crippen LogP contribution in [-0.4, -0.2) is 23.9 Å². The molecule has 1 fully saturated rings. The molecule has 3 aromatic rings. The first-order chi connectivity index (χ1) is 16.1. The Balaban J connectivity index is 2.02. The van der Waals surface area contributed by atoms with Gasteiger partial charge in [0.15, 0.2) is 0 Å². The molecule has 1 aliphatic rings. The van der Waals surface area contributed by atoms with E-state index in [1.807, 2.05) is 0 Å². The van der Waals surface area contributed by atoms with E-state index in [4.69, 9.17) is 27.9 Å². The fourth-order valence-corrected chi connectivity index (χ4v) is 4.69. The molecule has 3 aromatic carbocycles. The number of amides is 1. The molecule has 34 heavy (non-hydrogen) atoms. The highest BCUT2D eigenvalue weighted by Gasteiger charge is 2.48. The summed E-state index contributed by atoms with van der Waals surface area (Å²) in [6, 6.07) is 12.3. The maximum absolute atomic E-state index is 15.0. The number of nitrogens with zero attached hydrogens (tertiary/aromatic N) is 1. The number of rotatable bonds is 4. The van der Waals surface area contributed by atoms with Crippen LogP contribution in [0, 0.1) is 19.7 Å². The number of hydrogen-bond acceptors (Lipinski definition) is 4. The van der Waals surface area contributed by atoms with Crippen molar-refractivity contribution < 1.29 is 23.8 Å². The largest absolute Gasteiger partial charge is 0.507 e. The Morgan fingerprint density at radius 1 is 1.00 bits per heavy atom. The first-order valence-electron chi connectivity index (χ1n) is 10.3. The summed E-state index contributed by atoms with van der Waals surface area (Å²) < 4.78 is 20.3. The van der Waals surface area contributed by atoms with E-state index < -0.39 is 29.3 Å². The van der Waals surface area contributed by atoms with Gasteiger partial charge in [0.05, 0.1) is 18.7 Å². The van der Waals surface area contributed by atoms with Crippen LogP contribution < -0.4 is 9.64 Å². The van der Waals surface area contributed by atoms with Gasteiger partial charge < -0.3 is 9.84 Å². The van der Waals surface area contributed by atoms with Gasteiger partial charge in [0.25, 0.3) is 11.7 Å². The third-order valence-corrected chi connectivity index (χ3v) is 6.20. The van der Waals surface area contributed by atoms with Gasteiger partial charge in [-0.3, -0.25) is 14.5 Å². The first kappa shape index (κ1) is 23.8. The Morgan fingerprint density at radius 2 is 1.65 bits per heavy atom. The quantitative estimate of drug-likeness (QED) is 0.256. The van der Waals surface area contributed by atoms with Crippen molar-refractivity contribution in [2.75, 3.05) is 12.0 Å². The van der Waals surface area contributed by atoms with Crippen molar-refractivity contribution in [1.29, 1.82) is 0 Å². The molecule has 0 aliphatic carbocycles. The molecule has 1 aliphatic heterocycles. The van der Waals surface area contributed by atoms with Crippen LogP contribution in [0.1, 0.15) is 28.3 Å². The minimum Gasteiger partial charge on any atom is -0.507 e. The van der Waals surface area contributed by atoms with Gasteiger partial charge in [0.1, 0.15) is 17.3 Å². The van der Waals surface area contributed by atoms with Crippen molar-refractivity contribution in [3.63, 3.8) is 0 Å². The van der Waals surface area contributed by atoms with Crippen LogP contribution in [0.25, 0.3) is 5.76 Å². The zero-order valence-electron chi connectivity index (χ0n) is 18.5. The Morgan fingerprint density at radius 3 is 2.26 bits per heavy atom. The molecule has 1 heterocycles. The molecule has 1 unspecified atom stereocenters. The van der Waals surface area contributed by atoms with Gasteiger partial charge in [-0.25, -0.2) is 4.39 Å². The predicted molar refractivity (Wildman–Crippen MR) is 130 cm³/mol. The number of aliphatic hydroxyl groups excluding tert-OH is 1. The van der Waals surface area contributed by atoms with Crippen LogP contribution in [0.2, 0.25) is 10.0 Å². The van der Waals surface area contributed by atoms with Crippen LogP contribution in [0.5, 0.6) is 5.75 Å². The Labute approximate surface area is 206 Å². The second kappa shape index (κ2) is 9.12. The van der Waals surface area contributed by atoms with E-state index in [9.17, 15) is 14.7 Å². The van der Waals surface area contributed by atoms with Crippen LogP contribution in [0.4, 0.5) is 10.1 Å². The molecule has 1 atom stereocenters. The van der Waals surface area contributed by atoms with Gasteiger partial charge >= 0.3 is 0 Å². The molecule has 5 nitrogen and oxygen atoms in total. The number of anilines is 1. The maximum Gasteiger partial charge on any atom is 0.300 e. The average Bonchev–Trinajstić information content (AvgIpc) is 3.04. The lowest BCUT2D eigenvalue weighted by molar-refractivity contribution is -0.132. The fourth-order valence-electron chi connectivity index (χ4n) is 4.18. The van der Waals surface area contributed by atoms with Crippen molar-refractivity contribution in [3.8, 4) is 5.75 Å². The molecule has 0 bridgehead atoms. The lowest BCUT2D eigenvalue weighted by Crippen LogP contribution is -2.29. The summed E-state index contributed by atoms with van der Waals surface area (Å²) in [5.41, 5.74) is 1.68. The molecular weight excluding hydrogens is 480 g/mol. The van der Waals surface area contributed by atoms with Crippen molar-refractivity contribution in [2.24, 2.45) is 0 Å². The summed E-state index contributed by atoms with van der Waals surface area (Å²) >= 11 is 12.3. The zero-order valence-corrected chi connectivity index (χ0v) is 20.0. The van der Waals surface area contributed by atoms with Crippen LogP contribution in [-0.2, 0) is 9.59 Å². The van der Waals surface area contributed by atoms with E-state index in [2.05, 4.69) is 0 Å².